The number of rotatable bonds is 7. The number of benzene rings is 3. The highest BCUT2D eigenvalue weighted by atomic mass is 35.5. The molecule has 9 nitrogen and oxygen atoms in total. The molecule has 0 N–H and O–H groups in total. The lowest BCUT2D eigenvalue weighted by Crippen LogP contribution is -2.48. The molecule has 0 saturated carbocycles. The van der Waals surface area contributed by atoms with E-state index in [-0.39, 0.29) is 12.7 Å². The fourth-order valence-electron chi connectivity index (χ4n) is 5.05. The average molecular weight is 561 g/mol. The van der Waals surface area contributed by atoms with Gasteiger partial charge >= 0.3 is 0 Å². The van der Waals surface area contributed by atoms with E-state index in [9.17, 15) is 4.79 Å². The molecular weight excluding hydrogens is 532 g/mol. The average Bonchev–Trinajstić information content (AvgIpc) is 3.64. The van der Waals surface area contributed by atoms with Crippen molar-refractivity contribution in [2.24, 2.45) is 0 Å². The van der Waals surface area contributed by atoms with E-state index >= 15 is 0 Å². The zero-order valence-corrected chi connectivity index (χ0v) is 23.1. The van der Waals surface area contributed by atoms with Crippen LogP contribution in [0.1, 0.15) is 16.1 Å². The van der Waals surface area contributed by atoms with E-state index in [2.05, 4.69) is 11.0 Å². The van der Waals surface area contributed by atoms with Crippen molar-refractivity contribution < 1.29 is 23.7 Å². The van der Waals surface area contributed by atoms with Gasteiger partial charge in [0.25, 0.3) is 5.91 Å². The van der Waals surface area contributed by atoms with Crippen LogP contribution in [0.2, 0.25) is 5.02 Å². The molecule has 0 aliphatic carbocycles. The molecule has 40 heavy (non-hydrogen) atoms. The number of amides is 1. The highest BCUT2D eigenvalue weighted by Gasteiger charge is 2.27. The molecule has 1 fully saturated rings. The molecule has 2 aliphatic heterocycles. The van der Waals surface area contributed by atoms with Crippen molar-refractivity contribution in [3.63, 3.8) is 0 Å². The maximum Gasteiger partial charge on any atom is 0.272 e. The smallest absolute Gasteiger partial charge is 0.272 e. The Morgan fingerprint density at radius 3 is 2.52 bits per heavy atom. The van der Waals surface area contributed by atoms with Crippen molar-refractivity contribution in [2.45, 2.75) is 6.54 Å². The number of fused-ring (bicyclic) bond motifs is 1. The number of aromatic nitrogens is 2. The third-order valence-corrected chi connectivity index (χ3v) is 7.40. The number of carbonyl (C=O) groups is 1. The first-order valence-electron chi connectivity index (χ1n) is 13.0. The highest BCUT2D eigenvalue weighted by molar-refractivity contribution is 6.30. The molecule has 0 bridgehead atoms. The summed E-state index contributed by atoms with van der Waals surface area (Å²) in [4.78, 5) is 18.1. The molecule has 206 valence electrons. The third kappa shape index (κ3) is 5.17. The molecule has 6 rings (SSSR count). The number of hydrogen-bond donors (Lipinski definition) is 0. The first kappa shape index (κ1) is 26.0. The number of carbonyl (C=O) groups excluding carboxylic acids is 1. The molecule has 2 aliphatic rings. The SMILES string of the molecule is COc1ccc(-c2cc(C(=O)N3CCN(Cc4ccc5c(c4)OCO5)CC3)n(-c3cccc(Cl)c3)n2)c(OC)c1. The van der Waals surface area contributed by atoms with Crippen molar-refractivity contribution in [3.05, 3.63) is 83.0 Å². The maximum atomic E-state index is 13.9. The van der Waals surface area contributed by atoms with E-state index < -0.39 is 0 Å². The van der Waals surface area contributed by atoms with Crippen LogP contribution < -0.4 is 18.9 Å². The van der Waals surface area contributed by atoms with Crippen LogP contribution in [0.5, 0.6) is 23.0 Å². The Balaban J connectivity index is 1.24. The summed E-state index contributed by atoms with van der Waals surface area (Å²) in [7, 11) is 3.20. The molecule has 0 spiro atoms. The summed E-state index contributed by atoms with van der Waals surface area (Å²) in [6.45, 7) is 3.75. The Hall–Kier alpha value is -4.21. The molecule has 0 radical (unpaired) electrons. The number of halogens is 1. The topological polar surface area (TPSA) is 78.3 Å². The summed E-state index contributed by atoms with van der Waals surface area (Å²) in [6, 6.07) is 20.7. The largest absolute Gasteiger partial charge is 0.497 e. The lowest BCUT2D eigenvalue weighted by atomic mass is 10.1. The van der Waals surface area contributed by atoms with Gasteiger partial charge in [-0.2, -0.15) is 5.10 Å². The van der Waals surface area contributed by atoms with Gasteiger partial charge in [-0.15, -0.1) is 0 Å². The van der Waals surface area contributed by atoms with Crippen LogP contribution >= 0.6 is 11.6 Å². The molecule has 3 aromatic carbocycles. The van der Waals surface area contributed by atoms with Gasteiger partial charge in [-0.1, -0.05) is 23.7 Å². The minimum atomic E-state index is -0.0890. The number of piperazine rings is 1. The summed E-state index contributed by atoms with van der Waals surface area (Å²) >= 11 is 6.30. The van der Waals surface area contributed by atoms with Crippen molar-refractivity contribution in [2.75, 3.05) is 47.2 Å². The Labute approximate surface area is 237 Å². The standard InChI is InChI=1S/C30H29ClN4O5/c1-37-23-7-8-24(28(16-23)38-2)25-17-26(35(32-25)22-5-3-4-21(31)15-22)30(36)34-12-10-33(11-13-34)18-20-6-9-27-29(14-20)40-19-39-27/h3-9,14-17H,10-13,18-19H2,1-2H3. The van der Waals surface area contributed by atoms with Crippen LogP contribution in [0.15, 0.2) is 66.7 Å². The second-order valence-corrected chi connectivity index (χ2v) is 10.1. The van der Waals surface area contributed by atoms with Gasteiger partial charge in [0.05, 0.1) is 25.6 Å². The van der Waals surface area contributed by atoms with E-state index in [1.807, 2.05) is 47.4 Å². The van der Waals surface area contributed by atoms with Crippen LogP contribution in [0.25, 0.3) is 16.9 Å². The molecule has 4 aromatic rings. The van der Waals surface area contributed by atoms with Crippen LogP contribution in [-0.2, 0) is 6.54 Å². The molecule has 0 atom stereocenters. The molecule has 1 amide bonds. The molecule has 3 heterocycles. The Bertz CT molecular complexity index is 1550. The summed E-state index contributed by atoms with van der Waals surface area (Å²) in [5, 5.41) is 5.39. The fraction of sp³-hybridized carbons (Fsp3) is 0.267. The van der Waals surface area contributed by atoms with Crippen LogP contribution in [0.3, 0.4) is 0 Å². The van der Waals surface area contributed by atoms with Crippen LogP contribution in [0, 0.1) is 0 Å². The van der Waals surface area contributed by atoms with Crippen molar-refractivity contribution in [3.8, 4) is 39.9 Å². The lowest BCUT2D eigenvalue weighted by molar-refractivity contribution is 0.0619. The van der Waals surface area contributed by atoms with Crippen molar-refractivity contribution >= 4 is 17.5 Å². The highest BCUT2D eigenvalue weighted by Crippen LogP contribution is 2.35. The number of ether oxygens (including phenoxy) is 4. The minimum Gasteiger partial charge on any atom is -0.497 e. The van der Waals surface area contributed by atoms with E-state index in [1.54, 1.807) is 37.1 Å². The predicted molar refractivity (Wildman–Crippen MR) is 151 cm³/mol. The fourth-order valence-corrected chi connectivity index (χ4v) is 5.23. The van der Waals surface area contributed by atoms with Crippen LogP contribution in [-0.4, -0.2) is 72.7 Å². The Morgan fingerprint density at radius 1 is 0.925 bits per heavy atom. The van der Waals surface area contributed by atoms with Gasteiger partial charge in [0.15, 0.2) is 11.5 Å². The molecule has 1 aromatic heterocycles. The van der Waals surface area contributed by atoms with Crippen LogP contribution in [0.4, 0.5) is 0 Å². The molecular formula is C30H29ClN4O5. The van der Waals surface area contributed by atoms with Gasteiger partial charge in [-0.25, -0.2) is 4.68 Å². The minimum absolute atomic E-state index is 0.0890. The van der Waals surface area contributed by atoms with Crippen molar-refractivity contribution in [1.82, 2.24) is 19.6 Å². The summed E-state index contributed by atoms with van der Waals surface area (Å²) in [5.74, 6) is 2.75. The quantitative estimate of drug-likeness (QED) is 0.318. The summed E-state index contributed by atoms with van der Waals surface area (Å²) < 4.78 is 23.6. The Kier molecular flexibility index (Phi) is 7.23. The first-order chi connectivity index (χ1) is 19.5. The number of nitrogens with zero attached hydrogens (tertiary/aromatic N) is 4. The number of hydrogen-bond acceptors (Lipinski definition) is 7. The van der Waals surface area contributed by atoms with E-state index in [0.717, 1.165) is 42.3 Å². The van der Waals surface area contributed by atoms with Gasteiger partial charge in [-0.05, 0) is 54.1 Å². The maximum absolute atomic E-state index is 13.9. The second kappa shape index (κ2) is 11.1. The van der Waals surface area contributed by atoms with Gasteiger partial charge in [0.1, 0.15) is 17.2 Å². The molecule has 1 saturated heterocycles. The predicted octanol–water partition coefficient (Wildman–Crippen LogP) is 4.90. The van der Waals surface area contributed by atoms with E-state index in [4.69, 9.17) is 35.6 Å². The van der Waals surface area contributed by atoms with E-state index in [1.165, 1.54) is 0 Å². The van der Waals surface area contributed by atoms with Gasteiger partial charge < -0.3 is 23.8 Å². The van der Waals surface area contributed by atoms with Crippen molar-refractivity contribution in [1.29, 1.82) is 0 Å². The summed E-state index contributed by atoms with van der Waals surface area (Å²) in [5.41, 5.74) is 3.69. The molecule has 0 unspecified atom stereocenters. The first-order valence-corrected chi connectivity index (χ1v) is 13.4. The zero-order chi connectivity index (χ0) is 27.6. The van der Waals surface area contributed by atoms with E-state index in [0.29, 0.717) is 46.7 Å². The lowest BCUT2D eigenvalue weighted by Gasteiger charge is -2.34. The molecule has 10 heteroatoms. The zero-order valence-electron chi connectivity index (χ0n) is 22.3. The van der Waals surface area contributed by atoms with Gasteiger partial charge in [0.2, 0.25) is 6.79 Å². The normalized spacial score (nSPS) is 14.8. The van der Waals surface area contributed by atoms with Gasteiger partial charge in [0, 0.05) is 49.4 Å². The Morgan fingerprint density at radius 2 is 1.75 bits per heavy atom. The number of methoxy groups -OCH3 is 2. The summed E-state index contributed by atoms with van der Waals surface area (Å²) in [6.07, 6.45) is 0. The second-order valence-electron chi connectivity index (χ2n) is 9.63. The van der Waals surface area contributed by atoms with Gasteiger partial charge in [-0.3, -0.25) is 9.69 Å². The third-order valence-electron chi connectivity index (χ3n) is 7.17. The monoisotopic (exact) mass is 560 g/mol.